The van der Waals surface area contributed by atoms with Gasteiger partial charge in [0.15, 0.2) is 5.78 Å². The molecule has 0 spiro atoms. The largest absolute Gasteiger partial charge is 0.512 e. The van der Waals surface area contributed by atoms with E-state index < -0.39 is 0 Å². The van der Waals surface area contributed by atoms with Gasteiger partial charge in [-0.25, -0.2) is 0 Å². The third-order valence-electron chi connectivity index (χ3n) is 8.38. The minimum Gasteiger partial charge on any atom is -0.512 e. The van der Waals surface area contributed by atoms with Gasteiger partial charge >= 0.3 is 0 Å². The Balaban J connectivity index is 0.000000410. The molecule has 1 N–H and O–H groups in total. The number of nitriles is 1. The second kappa shape index (κ2) is 18.4. The summed E-state index contributed by atoms with van der Waals surface area (Å²) in [5.74, 6) is 0.547. The minimum absolute atomic E-state index is 0. The van der Waals surface area contributed by atoms with Crippen LogP contribution in [0.3, 0.4) is 0 Å². The molecule has 0 aliphatic heterocycles. The molecule has 0 saturated heterocycles. The predicted molar refractivity (Wildman–Crippen MR) is 189 cm³/mol. The van der Waals surface area contributed by atoms with Crippen molar-refractivity contribution in [3.63, 3.8) is 0 Å². The number of allylic oxidation sites excluding steroid dienone is 2. The average Bonchev–Trinajstić information content (AvgIpc) is 3.01. The van der Waals surface area contributed by atoms with Gasteiger partial charge in [0.25, 0.3) is 0 Å². The molecule has 0 aliphatic rings. The Labute approximate surface area is 295 Å². The molecule has 6 heteroatoms. The quantitative estimate of drug-likeness (QED) is 0.0980. The number of aliphatic hydroxyl groups excluding tert-OH is 1. The van der Waals surface area contributed by atoms with E-state index in [-0.39, 0.29) is 43.5 Å². The van der Waals surface area contributed by atoms with Crippen LogP contribution in [0.2, 0.25) is 0 Å². The maximum Gasteiger partial charge on any atom is 0.162 e. The summed E-state index contributed by atoms with van der Waals surface area (Å²) in [5.41, 5.74) is 11.7. The predicted octanol–water partition coefficient (Wildman–Crippen LogP) is 10.6. The summed E-state index contributed by atoms with van der Waals surface area (Å²) < 4.78 is 0. The number of hydrogen-bond acceptors (Lipinski definition) is 5. The van der Waals surface area contributed by atoms with Crippen molar-refractivity contribution in [2.45, 2.75) is 88.0 Å². The zero-order chi connectivity index (χ0) is 34.0. The summed E-state index contributed by atoms with van der Waals surface area (Å²) in [4.78, 5) is 21.7. The first-order valence-corrected chi connectivity index (χ1v) is 16.4. The summed E-state index contributed by atoms with van der Waals surface area (Å²) in [6.07, 6.45) is 6.73. The second-order valence-electron chi connectivity index (χ2n) is 12.2. The van der Waals surface area contributed by atoms with Crippen LogP contribution in [-0.2, 0) is 24.9 Å². The molecule has 249 valence electrons. The molecular formula is C41H48IrN3O2-. The molecule has 0 amide bonds. The van der Waals surface area contributed by atoms with Crippen molar-refractivity contribution in [1.82, 2.24) is 9.97 Å². The third-order valence-corrected chi connectivity index (χ3v) is 8.38. The number of rotatable bonds is 10. The molecule has 0 atom stereocenters. The van der Waals surface area contributed by atoms with E-state index in [0.717, 1.165) is 70.6 Å². The van der Waals surface area contributed by atoms with Crippen LogP contribution in [0.25, 0.3) is 33.8 Å². The summed E-state index contributed by atoms with van der Waals surface area (Å²) in [7, 11) is 0. The van der Waals surface area contributed by atoms with E-state index in [1.807, 2.05) is 59.0 Å². The van der Waals surface area contributed by atoms with Crippen LogP contribution < -0.4 is 0 Å². The molecule has 0 unspecified atom stereocenters. The number of benzene rings is 3. The van der Waals surface area contributed by atoms with Crippen molar-refractivity contribution >= 4 is 5.78 Å². The normalized spacial score (nSPS) is 11.1. The SMILES string of the molecule is CCC(CC)C(=O)C=C(O)C(CC)CC.Cc1[c-]c(-c2ncc(-c3ccc(C#N)cc3C)nc2-c2cc(C)cc(C)c2)cc(C)c1.[Ir]. The number of nitrogens with zero attached hydrogens (tertiary/aromatic N) is 3. The minimum atomic E-state index is 0. The van der Waals surface area contributed by atoms with Crippen molar-refractivity contribution in [1.29, 1.82) is 5.26 Å². The Morgan fingerprint density at radius 3 is 1.98 bits per heavy atom. The van der Waals surface area contributed by atoms with Gasteiger partial charge in [0.1, 0.15) is 0 Å². The number of aromatic nitrogens is 2. The van der Waals surface area contributed by atoms with Gasteiger partial charge < -0.3 is 10.1 Å². The first-order valence-electron chi connectivity index (χ1n) is 16.4. The van der Waals surface area contributed by atoms with Crippen molar-refractivity contribution < 1.29 is 30.0 Å². The zero-order valence-corrected chi connectivity index (χ0v) is 31.7. The van der Waals surface area contributed by atoms with Crippen molar-refractivity contribution in [3.05, 3.63) is 106 Å². The van der Waals surface area contributed by atoms with Crippen LogP contribution in [0.15, 0.2) is 66.6 Å². The number of hydrogen-bond donors (Lipinski definition) is 1. The fourth-order valence-corrected chi connectivity index (χ4v) is 5.85. The maximum absolute atomic E-state index is 11.7. The van der Waals surface area contributed by atoms with E-state index in [4.69, 9.17) is 9.97 Å². The van der Waals surface area contributed by atoms with Crippen molar-refractivity contribution in [2.75, 3.05) is 0 Å². The van der Waals surface area contributed by atoms with E-state index in [1.165, 1.54) is 22.8 Å². The molecule has 4 aromatic rings. The number of aryl methyl sites for hydroxylation is 5. The Kier molecular flexibility index (Phi) is 15.4. The molecule has 0 saturated carbocycles. The zero-order valence-electron chi connectivity index (χ0n) is 29.3. The van der Waals surface area contributed by atoms with Crippen LogP contribution in [0.4, 0.5) is 0 Å². The fraction of sp³-hybridized carbons (Fsp3) is 0.366. The van der Waals surface area contributed by atoms with Crippen molar-refractivity contribution in [3.8, 4) is 39.8 Å². The molecule has 4 rings (SSSR count). The Hall–Kier alpha value is -3.91. The van der Waals surface area contributed by atoms with Gasteiger partial charge in [-0.3, -0.25) is 9.78 Å². The smallest absolute Gasteiger partial charge is 0.162 e. The Morgan fingerprint density at radius 2 is 1.45 bits per heavy atom. The Bertz CT molecular complexity index is 1700. The summed E-state index contributed by atoms with van der Waals surface area (Å²) >= 11 is 0. The molecule has 1 radical (unpaired) electrons. The number of aliphatic hydroxyl groups is 1. The topological polar surface area (TPSA) is 86.9 Å². The van der Waals surface area contributed by atoms with Crippen LogP contribution in [0.5, 0.6) is 0 Å². The van der Waals surface area contributed by atoms with Crippen LogP contribution in [0.1, 0.15) is 86.8 Å². The van der Waals surface area contributed by atoms with Crippen molar-refractivity contribution in [2.24, 2.45) is 11.8 Å². The van der Waals surface area contributed by atoms with Gasteiger partial charge in [-0.15, -0.1) is 34.9 Å². The van der Waals surface area contributed by atoms with Gasteiger partial charge in [0.05, 0.1) is 28.8 Å². The summed E-state index contributed by atoms with van der Waals surface area (Å²) in [6, 6.07) is 22.0. The van der Waals surface area contributed by atoms with Crippen LogP contribution in [0, 0.1) is 63.9 Å². The van der Waals surface area contributed by atoms with E-state index in [9.17, 15) is 15.2 Å². The van der Waals surface area contributed by atoms with Crippen LogP contribution >= 0.6 is 0 Å². The van der Waals surface area contributed by atoms with E-state index >= 15 is 0 Å². The molecule has 47 heavy (non-hydrogen) atoms. The monoisotopic (exact) mass is 807 g/mol. The van der Waals surface area contributed by atoms with Gasteiger partial charge in [-0.1, -0.05) is 76.9 Å². The molecular weight excluding hydrogens is 759 g/mol. The van der Waals surface area contributed by atoms with Gasteiger partial charge in [0.2, 0.25) is 0 Å². The van der Waals surface area contributed by atoms with Gasteiger partial charge in [-0.2, -0.15) is 5.26 Å². The van der Waals surface area contributed by atoms with Crippen LogP contribution in [-0.4, -0.2) is 20.9 Å². The molecule has 3 aromatic carbocycles. The first kappa shape index (κ1) is 39.3. The summed E-state index contributed by atoms with van der Waals surface area (Å²) in [6.45, 7) is 18.4. The molecule has 5 nitrogen and oxygen atoms in total. The average molecular weight is 807 g/mol. The summed E-state index contributed by atoms with van der Waals surface area (Å²) in [5, 5.41) is 19.0. The molecule has 0 aliphatic carbocycles. The molecule has 1 aromatic heterocycles. The molecule has 1 heterocycles. The molecule has 0 fully saturated rings. The number of carbonyl (C=O) groups excluding carboxylic acids is 1. The molecule has 0 bridgehead atoms. The second-order valence-corrected chi connectivity index (χ2v) is 12.2. The van der Waals surface area contributed by atoms with E-state index in [0.29, 0.717) is 5.56 Å². The third kappa shape index (κ3) is 10.5. The maximum atomic E-state index is 11.7. The van der Waals surface area contributed by atoms with E-state index in [1.54, 1.807) is 0 Å². The number of ketones is 1. The number of carbonyl (C=O) groups is 1. The van der Waals surface area contributed by atoms with Gasteiger partial charge in [-0.05, 0) is 69.7 Å². The standard InChI is InChI=1S/C28H24N3.C13H24O2.Ir/c1-17-8-18(2)11-23(10-17)27-28(24-12-19(3)9-20(4)13-24)31-26(16-30-27)25-7-6-22(15-29)14-21(25)5;1-5-10(6-2)12(14)9-13(15)11(7-3)8-4;/h6-10,12-14,16H,1-5H3;9-11,14H,5-8H2,1-4H3;/q-1;;. The van der Waals surface area contributed by atoms with Gasteiger partial charge in [0, 0.05) is 55.5 Å². The Morgan fingerprint density at radius 1 is 0.851 bits per heavy atom. The first-order chi connectivity index (χ1) is 21.9. The fourth-order valence-electron chi connectivity index (χ4n) is 5.85. The van der Waals surface area contributed by atoms with E-state index in [2.05, 4.69) is 70.2 Å².